The Labute approximate surface area is 260 Å². The number of phenols is 1. The number of hydrogen-bond acceptors (Lipinski definition) is 9. The molecule has 11 heteroatoms. The first kappa shape index (κ1) is 30.0. The Kier molecular flexibility index (Phi) is 7.74. The third-order valence-corrected chi connectivity index (χ3v) is 9.51. The van der Waals surface area contributed by atoms with Crippen molar-refractivity contribution in [2.24, 2.45) is 5.41 Å². The summed E-state index contributed by atoms with van der Waals surface area (Å²) in [6.45, 7) is 9.11. The van der Waals surface area contributed by atoms with Crippen LogP contribution in [0.3, 0.4) is 0 Å². The molecule has 4 aromatic rings. The largest absolute Gasteiger partial charge is 0.508 e. The van der Waals surface area contributed by atoms with Gasteiger partial charge < -0.3 is 24.6 Å². The molecule has 2 saturated heterocycles. The summed E-state index contributed by atoms with van der Waals surface area (Å²) in [7, 11) is 0. The van der Waals surface area contributed by atoms with E-state index in [0.717, 1.165) is 52.1 Å². The average molecular weight is 620 g/mol. The van der Waals surface area contributed by atoms with Gasteiger partial charge in [-0.2, -0.15) is 9.97 Å². The van der Waals surface area contributed by atoms with Crippen molar-refractivity contribution < 1.29 is 28.5 Å². The number of ether oxygens (including phenoxy) is 2. The number of nitrogens with zero attached hydrogens (tertiary/aromatic N) is 5. The van der Waals surface area contributed by atoms with Gasteiger partial charge >= 0.3 is 6.01 Å². The number of phenolic OH excluding ortho intramolecular Hbond substituents is 1. The molecule has 0 spiro atoms. The third-order valence-electron chi connectivity index (χ3n) is 9.51. The van der Waals surface area contributed by atoms with Crippen LogP contribution in [-0.4, -0.2) is 88.2 Å². The van der Waals surface area contributed by atoms with Gasteiger partial charge in [-0.3, -0.25) is 9.88 Å². The highest BCUT2D eigenvalue weighted by molar-refractivity contribution is 6.01. The van der Waals surface area contributed by atoms with Gasteiger partial charge in [0.15, 0.2) is 5.82 Å². The molecule has 0 radical (unpaired) electrons. The van der Waals surface area contributed by atoms with Crippen LogP contribution < -0.4 is 9.64 Å². The lowest BCUT2D eigenvalue weighted by Gasteiger charge is -2.38. The van der Waals surface area contributed by atoms with Gasteiger partial charge in [-0.25, -0.2) is 8.78 Å². The van der Waals surface area contributed by atoms with Gasteiger partial charge in [0.25, 0.3) is 0 Å². The van der Waals surface area contributed by atoms with Gasteiger partial charge in [-0.1, -0.05) is 13.0 Å². The molecule has 1 atom stereocenters. The number of halogens is 2. The van der Waals surface area contributed by atoms with Crippen LogP contribution in [0.1, 0.15) is 45.1 Å². The lowest BCUT2D eigenvalue weighted by molar-refractivity contribution is 0.0231. The monoisotopic (exact) mass is 619 g/mol. The van der Waals surface area contributed by atoms with Crippen molar-refractivity contribution in [1.82, 2.24) is 19.9 Å². The first-order chi connectivity index (χ1) is 21.7. The van der Waals surface area contributed by atoms with Crippen molar-refractivity contribution >= 4 is 27.5 Å². The highest BCUT2D eigenvalue weighted by Gasteiger charge is 2.45. The summed E-state index contributed by atoms with van der Waals surface area (Å²) in [5.41, 5.74) is -0.258. The number of pyridine rings is 1. The van der Waals surface area contributed by atoms with Gasteiger partial charge in [0.2, 0.25) is 0 Å². The Hall–Kier alpha value is -3.67. The zero-order valence-corrected chi connectivity index (χ0v) is 25.8. The predicted octanol–water partition coefficient (Wildman–Crippen LogP) is 5.23. The zero-order valence-electron chi connectivity index (χ0n) is 25.8. The maximum Gasteiger partial charge on any atom is 0.319 e. The lowest BCUT2D eigenvalue weighted by atomic mass is 9.94. The summed E-state index contributed by atoms with van der Waals surface area (Å²) in [5, 5.41) is 22.9. The van der Waals surface area contributed by atoms with Crippen molar-refractivity contribution in [3.05, 3.63) is 47.7 Å². The van der Waals surface area contributed by atoms with Crippen LogP contribution >= 0.6 is 0 Å². The van der Waals surface area contributed by atoms with Crippen LogP contribution in [0.4, 0.5) is 14.6 Å². The number of aromatic hydroxyl groups is 1. The quantitative estimate of drug-likeness (QED) is 0.274. The Morgan fingerprint density at radius 2 is 1.87 bits per heavy atom. The minimum Gasteiger partial charge on any atom is -0.508 e. The first-order valence-electron chi connectivity index (χ1n) is 15.9. The molecule has 3 aliphatic rings. The lowest BCUT2D eigenvalue weighted by Crippen LogP contribution is -2.46. The molecule has 7 rings (SSSR count). The van der Waals surface area contributed by atoms with Gasteiger partial charge in [-0.15, -0.1) is 0 Å². The molecule has 0 bridgehead atoms. The molecule has 0 unspecified atom stereocenters. The van der Waals surface area contributed by atoms with Crippen LogP contribution in [0.5, 0.6) is 11.8 Å². The van der Waals surface area contributed by atoms with Crippen LogP contribution in [0.15, 0.2) is 30.5 Å². The summed E-state index contributed by atoms with van der Waals surface area (Å²) in [5.74, 6) is -0.739. The number of benzene rings is 2. The molecule has 2 aliphatic heterocycles. The van der Waals surface area contributed by atoms with E-state index in [4.69, 9.17) is 14.5 Å². The highest BCUT2D eigenvalue weighted by Crippen LogP contribution is 2.47. The van der Waals surface area contributed by atoms with Crippen molar-refractivity contribution in [1.29, 1.82) is 0 Å². The minimum absolute atomic E-state index is 0.00628. The number of β-amino-alcohol motifs (C(OH)–C–C–N with tert-alkyl or cyclic N) is 1. The summed E-state index contributed by atoms with van der Waals surface area (Å²) in [6, 6.07) is 5.95. The molecule has 0 amide bonds. The molecule has 2 aromatic heterocycles. The molecule has 4 heterocycles. The van der Waals surface area contributed by atoms with Crippen molar-refractivity contribution in [2.75, 3.05) is 57.4 Å². The van der Waals surface area contributed by atoms with E-state index in [1.807, 2.05) is 11.8 Å². The molecule has 3 fully saturated rings. The number of hydrogen-bond donors (Lipinski definition) is 2. The maximum atomic E-state index is 16.8. The number of morpholine rings is 1. The first-order valence-corrected chi connectivity index (χ1v) is 15.9. The number of rotatable bonds is 8. The highest BCUT2D eigenvalue weighted by atomic mass is 19.1. The second kappa shape index (κ2) is 11.6. The Morgan fingerprint density at radius 1 is 1.07 bits per heavy atom. The third kappa shape index (κ3) is 5.89. The van der Waals surface area contributed by atoms with E-state index in [0.29, 0.717) is 60.1 Å². The van der Waals surface area contributed by atoms with E-state index in [1.54, 1.807) is 13.0 Å². The molecule has 238 valence electrons. The average Bonchev–Trinajstić information content (AvgIpc) is 3.79. The predicted molar refractivity (Wildman–Crippen MR) is 168 cm³/mol. The van der Waals surface area contributed by atoms with Gasteiger partial charge in [0.1, 0.15) is 28.6 Å². The molecule has 1 saturated carbocycles. The van der Waals surface area contributed by atoms with Crippen LogP contribution in [-0.2, 0) is 11.2 Å². The maximum absolute atomic E-state index is 16.8. The van der Waals surface area contributed by atoms with E-state index in [9.17, 15) is 14.6 Å². The minimum atomic E-state index is -0.931. The second-order valence-corrected chi connectivity index (χ2v) is 13.2. The van der Waals surface area contributed by atoms with Crippen LogP contribution in [0.25, 0.3) is 32.9 Å². The normalized spacial score (nSPS) is 21.8. The molecule has 1 aliphatic carbocycles. The second-order valence-electron chi connectivity index (χ2n) is 13.2. The summed E-state index contributed by atoms with van der Waals surface area (Å²) in [6.07, 6.45) is 5.36. The van der Waals surface area contributed by atoms with Gasteiger partial charge in [0.05, 0.1) is 30.8 Å². The van der Waals surface area contributed by atoms with Crippen LogP contribution in [0.2, 0.25) is 0 Å². The Balaban J connectivity index is 1.32. The fraction of sp³-hybridized carbons (Fsp3) is 0.500. The standard InChI is InChI=1S/C34H39F2N5O4/c1-3-23-26(35)6-5-21-15-22(42)16-24(27(21)23)29-28(36)30-25(17-37-29)31(41-10-4-7-33(2,43)18-41)39-32(38-30)45-20-34(8-9-34)19-40-11-13-44-14-12-40/h5-6,15-17,42-43H,3-4,7-14,18-20H2,1-2H3/t33-/m1/s1. The zero-order chi connectivity index (χ0) is 31.3. The van der Waals surface area contributed by atoms with E-state index in [2.05, 4.69) is 14.9 Å². The summed E-state index contributed by atoms with van der Waals surface area (Å²) < 4.78 is 43.5. The Morgan fingerprint density at radius 3 is 2.60 bits per heavy atom. The van der Waals surface area contributed by atoms with Crippen molar-refractivity contribution in [3.8, 4) is 23.0 Å². The SMILES string of the molecule is CCc1c(F)ccc2cc(O)cc(-c3ncc4c(N5CCC[C@@](C)(O)C5)nc(OCC5(CN6CCOCC6)CC5)nc4c3F)c12. The van der Waals surface area contributed by atoms with E-state index in [-0.39, 0.29) is 33.9 Å². The number of aliphatic hydroxyl groups is 1. The van der Waals surface area contributed by atoms with E-state index >= 15 is 4.39 Å². The Bertz CT molecular complexity index is 1760. The molecule has 45 heavy (non-hydrogen) atoms. The summed E-state index contributed by atoms with van der Waals surface area (Å²) in [4.78, 5) is 18.2. The molecular weight excluding hydrogens is 580 g/mol. The molecule has 2 N–H and O–H groups in total. The number of anilines is 1. The summed E-state index contributed by atoms with van der Waals surface area (Å²) >= 11 is 0. The van der Waals surface area contributed by atoms with Crippen molar-refractivity contribution in [2.45, 2.75) is 51.6 Å². The van der Waals surface area contributed by atoms with E-state index in [1.165, 1.54) is 24.4 Å². The number of piperidine rings is 1. The van der Waals surface area contributed by atoms with Gasteiger partial charge in [-0.05, 0) is 73.6 Å². The van der Waals surface area contributed by atoms with Crippen molar-refractivity contribution in [3.63, 3.8) is 0 Å². The molecule has 2 aromatic carbocycles. The molecule has 9 nitrogen and oxygen atoms in total. The van der Waals surface area contributed by atoms with E-state index < -0.39 is 17.2 Å². The fourth-order valence-electron chi connectivity index (χ4n) is 6.92. The smallest absolute Gasteiger partial charge is 0.319 e. The number of aryl methyl sites for hydroxylation is 1. The van der Waals surface area contributed by atoms with Gasteiger partial charge in [0, 0.05) is 49.9 Å². The molecular formula is C34H39F2N5O4. The number of aromatic nitrogens is 3. The van der Waals surface area contributed by atoms with Crippen LogP contribution in [0, 0.1) is 17.0 Å². The number of fused-ring (bicyclic) bond motifs is 2. The topological polar surface area (TPSA) is 104 Å². The fourth-order valence-corrected chi connectivity index (χ4v) is 6.92.